The van der Waals surface area contributed by atoms with Gasteiger partial charge in [0, 0.05) is 12.1 Å². The molecule has 2 aliphatic carbocycles. The van der Waals surface area contributed by atoms with E-state index in [1.54, 1.807) is 0 Å². The first-order valence-corrected chi connectivity index (χ1v) is 7.23. The van der Waals surface area contributed by atoms with Crippen LogP contribution in [0.2, 0.25) is 0 Å². The molecule has 0 bridgehead atoms. The summed E-state index contributed by atoms with van der Waals surface area (Å²) in [5.74, 6) is 1.08. The van der Waals surface area contributed by atoms with E-state index in [0.717, 1.165) is 24.5 Å². The molecule has 0 heterocycles. The number of nitrogens with one attached hydrogen (secondary N) is 1. The first kappa shape index (κ1) is 12.4. The summed E-state index contributed by atoms with van der Waals surface area (Å²) in [6, 6.07) is 1.67. The van der Waals surface area contributed by atoms with Gasteiger partial charge in [-0.25, -0.2) is 0 Å². The molecule has 16 heavy (non-hydrogen) atoms. The first-order valence-electron chi connectivity index (χ1n) is 7.23. The second-order valence-corrected chi connectivity index (χ2v) is 5.78. The second-order valence-electron chi connectivity index (χ2n) is 5.78. The largest absolute Gasteiger partial charge is 0.314 e. The van der Waals surface area contributed by atoms with Gasteiger partial charge < -0.3 is 10.2 Å². The van der Waals surface area contributed by atoms with Gasteiger partial charge in [-0.3, -0.25) is 0 Å². The van der Waals surface area contributed by atoms with Crippen molar-refractivity contribution in [2.24, 2.45) is 5.92 Å². The van der Waals surface area contributed by atoms with E-state index in [2.05, 4.69) is 24.2 Å². The molecule has 1 N–H and O–H groups in total. The third-order valence-electron chi connectivity index (χ3n) is 4.40. The van der Waals surface area contributed by atoms with Crippen LogP contribution in [0.3, 0.4) is 0 Å². The Hall–Kier alpha value is -0.0800. The second kappa shape index (κ2) is 6.02. The molecule has 2 nitrogen and oxygen atoms in total. The Morgan fingerprint density at radius 2 is 1.75 bits per heavy atom. The number of hydrogen-bond donors (Lipinski definition) is 1. The van der Waals surface area contributed by atoms with Gasteiger partial charge in [0.25, 0.3) is 0 Å². The number of hydrogen-bond acceptors (Lipinski definition) is 2. The molecule has 2 rings (SSSR count). The SMILES string of the molecule is CCNC1CCC(N(C)CCC2CC2)CC1. The molecule has 0 amide bonds. The maximum absolute atomic E-state index is 3.59. The van der Waals surface area contributed by atoms with Gasteiger partial charge in [0.05, 0.1) is 0 Å². The van der Waals surface area contributed by atoms with E-state index in [-0.39, 0.29) is 0 Å². The molecule has 0 radical (unpaired) electrons. The lowest BCUT2D eigenvalue weighted by Crippen LogP contribution is -2.41. The highest BCUT2D eigenvalue weighted by atomic mass is 15.1. The molecular formula is C14H28N2. The smallest absolute Gasteiger partial charge is 0.00933 e. The Kier molecular flexibility index (Phi) is 4.66. The zero-order valence-electron chi connectivity index (χ0n) is 11.0. The lowest BCUT2D eigenvalue weighted by molar-refractivity contribution is 0.171. The van der Waals surface area contributed by atoms with Gasteiger partial charge in [-0.2, -0.15) is 0 Å². The van der Waals surface area contributed by atoms with E-state index in [9.17, 15) is 0 Å². The zero-order valence-corrected chi connectivity index (χ0v) is 11.0. The van der Waals surface area contributed by atoms with Gasteiger partial charge in [0.15, 0.2) is 0 Å². The van der Waals surface area contributed by atoms with Crippen LogP contribution in [0.25, 0.3) is 0 Å². The molecule has 0 aliphatic heterocycles. The minimum Gasteiger partial charge on any atom is -0.314 e. The summed E-state index contributed by atoms with van der Waals surface area (Å²) in [5, 5.41) is 3.59. The molecule has 0 aromatic rings. The molecule has 0 atom stereocenters. The highest BCUT2D eigenvalue weighted by Gasteiger charge is 2.25. The van der Waals surface area contributed by atoms with E-state index in [4.69, 9.17) is 0 Å². The van der Waals surface area contributed by atoms with Crippen molar-refractivity contribution in [1.82, 2.24) is 10.2 Å². The quantitative estimate of drug-likeness (QED) is 0.746. The summed E-state index contributed by atoms with van der Waals surface area (Å²) < 4.78 is 0. The predicted molar refractivity (Wildman–Crippen MR) is 69.7 cm³/mol. The third kappa shape index (κ3) is 3.74. The molecule has 0 spiro atoms. The fraction of sp³-hybridized carbons (Fsp3) is 1.00. The van der Waals surface area contributed by atoms with Gasteiger partial charge in [0.2, 0.25) is 0 Å². The topological polar surface area (TPSA) is 15.3 Å². The molecule has 2 aliphatic rings. The first-order chi connectivity index (χ1) is 7.79. The fourth-order valence-corrected chi connectivity index (χ4v) is 2.98. The summed E-state index contributed by atoms with van der Waals surface area (Å²) in [5.41, 5.74) is 0. The van der Waals surface area contributed by atoms with Crippen molar-refractivity contribution in [3.63, 3.8) is 0 Å². The van der Waals surface area contributed by atoms with Crippen LogP contribution in [0.5, 0.6) is 0 Å². The van der Waals surface area contributed by atoms with Crippen molar-refractivity contribution >= 4 is 0 Å². The minimum absolute atomic E-state index is 0.804. The van der Waals surface area contributed by atoms with Gasteiger partial charge in [-0.05, 0) is 58.2 Å². The van der Waals surface area contributed by atoms with Crippen LogP contribution >= 0.6 is 0 Å². The van der Waals surface area contributed by atoms with Crippen molar-refractivity contribution in [3.8, 4) is 0 Å². The van der Waals surface area contributed by atoms with Crippen LogP contribution in [0.4, 0.5) is 0 Å². The molecular weight excluding hydrogens is 196 g/mol. The van der Waals surface area contributed by atoms with Crippen LogP contribution in [0.15, 0.2) is 0 Å². The third-order valence-corrected chi connectivity index (χ3v) is 4.40. The Bertz CT molecular complexity index is 193. The summed E-state index contributed by atoms with van der Waals surface area (Å²) in [4.78, 5) is 2.63. The minimum atomic E-state index is 0.804. The highest BCUT2D eigenvalue weighted by molar-refractivity contribution is 4.82. The summed E-state index contributed by atoms with van der Waals surface area (Å²) in [6.07, 6.45) is 10.0. The van der Waals surface area contributed by atoms with Crippen LogP contribution in [0.1, 0.15) is 51.9 Å². The summed E-state index contributed by atoms with van der Waals surface area (Å²) in [7, 11) is 2.33. The molecule has 2 fully saturated rings. The highest BCUT2D eigenvalue weighted by Crippen LogP contribution is 2.33. The monoisotopic (exact) mass is 224 g/mol. The van der Waals surface area contributed by atoms with Crippen molar-refractivity contribution in [1.29, 1.82) is 0 Å². The normalized spacial score (nSPS) is 30.9. The molecule has 0 saturated heterocycles. The number of nitrogens with zero attached hydrogens (tertiary/aromatic N) is 1. The van der Waals surface area contributed by atoms with Gasteiger partial charge in [-0.1, -0.05) is 19.8 Å². The molecule has 2 heteroatoms. The molecule has 0 aromatic heterocycles. The maximum Gasteiger partial charge on any atom is 0.00933 e. The van der Waals surface area contributed by atoms with Gasteiger partial charge in [0.1, 0.15) is 0 Å². The maximum atomic E-state index is 3.59. The van der Waals surface area contributed by atoms with Crippen molar-refractivity contribution < 1.29 is 0 Å². The van der Waals surface area contributed by atoms with Crippen LogP contribution < -0.4 is 5.32 Å². The van der Waals surface area contributed by atoms with E-state index >= 15 is 0 Å². The molecule has 2 saturated carbocycles. The van der Waals surface area contributed by atoms with Crippen molar-refractivity contribution in [2.75, 3.05) is 20.1 Å². The molecule has 94 valence electrons. The van der Waals surface area contributed by atoms with Crippen LogP contribution in [-0.4, -0.2) is 37.1 Å². The van der Waals surface area contributed by atoms with E-state index in [0.29, 0.717) is 0 Å². The van der Waals surface area contributed by atoms with Crippen molar-refractivity contribution in [2.45, 2.75) is 64.0 Å². The van der Waals surface area contributed by atoms with E-state index < -0.39 is 0 Å². The fourth-order valence-electron chi connectivity index (χ4n) is 2.98. The van der Waals surface area contributed by atoms with E-state index in [1.807, 2.05) is 0 Å². The van der Waals surface area contributed by atoms with Gasteiger partial charge >= 0.3 is 0 Å². The van der Waals surface area contributed by atoms with Gasteiger partial charge in [-0.15, -0.1) is 0 Å². The predicted octanol–water partition coefficient (Wildman–Crippen LogP) is 2.64. The lowest BCUT2D eigenvalue weighted by atomic mass is 9.90. The number of rotatable bonds is 6. The Morgan fingerprint density at radius 3 is 2.31 bits per heavy atom. The van der Waals surface area contributed by atoms with Crippen LogP contribution in [-0.2, 0) is 0 Å². The van der Waals surface area contributed by atoms with E-state index in [1.165, 1.54) is 51.5 Å². The summed E-state index contributed by atoms with van der Waals surface area (Å²) >= 11 is 0. The Morgan fingerprint density at radius 1 is 1.06 bits per heavy atom. The Labute approximate surface area is 101 Å². The van der Waals surface area contributed by atoms with Crippen molar-refractivity contribution in [3.05, 3.63) is 0 Å². The standard InChI is InChI=1S/C14H28N2/c1-3-15-13-6-8-14(9-7-13)16(2)11-10-12-4-5-12/h12-15H,3-11H2,1-2H3. The average molecular weight is 224 g/mol. The van der Waals surface area contributed by atoms with Crippen LogP contribution in [0, 0.1) is 5.92 Å². The average Bonchev–Trinajstić information content (AvgIpc) is 3.11. The molecule has 0 aromatic carbocycles. The molecule has 0 unspecified atom stereocenters. The lowest BCUT2D eigenvalue weighted by Gasteiger charge is -2.35. The zero-order chi connectivity index (χ0) is 11.4. The Balaban J connectivity index is 1.62. The summed E-state index contributed by atoms with van der Waals surface area (Å²) in [6.45, 7) is 4.68.